The molecule has 9 nitrogen and oxygen atoms in total. The maximum absolute atomic E-state index is 12.3. The molecule has 9 heteroatoms. The van der Waals surface area contributed by atoms with Crippen LogP contribution in [0.5, 0.6) is 5.75 Å². The number of carbonyl (C=O) groups is 2. The van der Waals surface area contributed by atoms with Gasteiger partial charge in [-0.25, -0.2) is 4.79 Å². The van der Waals surface area contributed by atoms with Gasteiger partial charge in [-0.1, -0.05) is 35.5 Å². The molecular weight excluding hydrogens is 450 g/mol. The van der Waals surface area contributed by atoms with E-state index in [4.69, 9.17) is 18.7 Å². The number of methoxy groups -OCH3 is 1. The normalized spacial score (nSPS) is 17.3. The summed E-state index contributed by atoms with van der Waals surface area (Å²) in [7, 11) is 1.37. The molecule has 4 rings (SSSR count). The first-order valence-electron chi connectivity index (χ1n) is 11.7. The van der Waals surface area contributed by atoms with Gasteiger partial charge in [-0.3, -0.25) is 4.79 Å². The maximum atomic E-state index is 12.3. The summed E-state index contributed by atoms with van der Waals surface area (Å²) in [4.78, 5) is 30.5. The fourth-order valence-corrected chi connectivity index (χ4v) is 4.24. The summed E-state index contributed by atoms with van der Waals surface area (Å²) in [5.74, 6) is 0.985. The summed E-state index contributed by atoms with van der Waals surface area (Å²) in [6, 6.07) is 17.3. The Kier molecular flexibility index (Phi) is 7.97. The van der Waals surface area contributed by atoms with Gasteiger partial charge in [-0.15, -0.1) is 0 Å². The molecule has 2 aromatic carbocycles. The standard InChI is InChI=1S/C26H29N3O6/c1-3-33-26(31)29-16-20(22(17-29)25(30)32-2)14-18-8-7-11-21(15-18)34-13-12-23-27-24(35-28-23)19-9-5-4-6-10-19/h4-11,15,20,22H,3,12-14,16-17H2,1-2H3/t20-,22+/m1/s1. The largest absolute Gasteiger partial charge is 0.493 e. The zero-order chi connectivity index (χ0) is 24.6. The van der Waals surface area contributed by atoms with Crippen LogP contribution >= 0.6 is 0 Å². The Morgan fingerprint density at radius 1 is 1.11 bits per heavy atom. The van der Waals surface area contributed by atoms with E-state index in [1.54, 1.807) is 11.8 Å². The number of likely N-dealkylation sites (tertiary alicyclic amines) is 1. The van der Waals surface area contributed by atoms with Crippen molar-refractivity contribution in [3.05, 3.63) is 66.0 Å². The number of carbonyl (C=O) groups excluding carboxylic acids is 2. The number of hydrogen-bond acceptors (Lipinski definition) is 8. The van der Waals surface area contributed by atoms with Gasteiger partial charge < -0.3 is 23.6 Å². The Bertz CT molecular complexity index is 1130. The number of hydrogen-bond donors (Lipinski definition) is 0. The van der Waals surface area contributed by atoms with E-state index in [2.05, 4.69) is 10.1 Å². The monoisotopic (exact) mass is 479 g/mol. The van der Waals surface area contributed by atoms with Gasteiger partial charge in [-0.05, 0) is 49.1 Å². The lowest BCUT2D eigenvalue weighted by atomic mass is 9.89. The first-order valence-corrected chi connectivity index (χ1v) is 11.7. The zero-order valence-electron chi connectivity index (χ0n) is 19.9. The molecule has 1 aliphatic heterocycles. The second-order valence-electron chi connectivity index (χ2n) is 8.33. The average Bonchev–Trinajstić information content (AvgIpc) is 3.52. The summed E-state index contributed by atoms with van der Waals surface area (Å²) in [6.07, 6.45) is 0.707. The summed E-state index contributed by atoms with van der Waals surface area (Å²) < 4.78 is 21.3. The van der Waals surface area contributed by atoms with Crippen molar-refractivity contribution in [3.63, 3.8) is 0 Å². The van der Waals surface area contributed by atoms with Gasteiger partial charge in [0.1, 0.15) is 5.75 Å². The molecule has 1 fully saturated rings. The average molecular weight is 480 g/mol. The van der Waals surface area contributed by atoms with E-state index >= 15 is 0 Å². The third-order valence-electron chi connectivity index (χ3n) is 5.95. The van der Waals surface area contributed by atoms with Crippen molar-refractivity contribution >= 4 is 12.1 Å². The van der Waals surface area contributed by atoms with E-state index in [1.807, 2.05) is 54.6 Å². The Balaban J connectivity index is 1.34. The van der Waals surface area contributed by atoms with E-state index in [0.717, 1.165) is 11.1 Å². The van der Waals surface area contributed by atoms with Crippen LogP contribution in [0, 0.1) is 11.8 Å². The molecule has 35 heavy (non-hydrogen) atoms. The Hall–Kier alpha value is -3.88. The number of amides is 1. The molecule has 184 valence electrons. The highest BCUT2D eigenvalue weighted by Gasteiger charge is 2.40. The van der Waals surface area contributed by atoms with Crippen molar-refractivity contribution in [1.82, 2.24) is 15.0 Å². The van der Waals surface area contributed by atoms with Crippen molar-refractivity contribution in [2.24, 2.45) is 11.8 Å². The first kappa shape index (κ1) is 24.3. The lowest BCUT2D eigenvalue weighted by Gasteiger charge is -2.16. The molecule has 1 saturated heterocycles. The van der Waals surface area contributed by atoms with Crippen LogP contribution in [0.2, 0.25) is 0 Å². The van der Waals surface area contributed by atoms with Crippen molar-refractivity contribution in [2.75, 3.05) is 33.4 Å². The number of ether oxygens (including phenoxy) is 3. The second kappa shape index (κ2) is 11.5. The van der Waals surface area contributed by atoms with Gasteiger partial charge in [0.25, 0.3) is 5.89 Å². The predicted molar refractivity (Wildman–Crippen MR) is 127 cm³/mol. The third-order valence-corrected chi connectivity index (χ3v) is 5.95. The first-order chi connectivity index (χ1) is 17.1. The van der Waals surface area contributed by atoms with Crippen LogP contribution in [0.3, 0.4) is 0 Å². The number of esters is 1. The van der Waals surface area contributed by atoms with Crippen LogP contribution in [0.1, 0.15) is 18.3 Å². The fourth-order valence-electron chi connectivity index (χ4n) is 4.24. The van der Waals surface area contributed by atoms with Crippen molar-refractivity contribution in [3.8, 4) is 17.2 Å². The summed E-state index contributed by atoms with van der Waals surface area (Å²) in [5, 5.41) is 4.02. The Morgan fingerprint density at radius 3 is 2.71 bits per heavy atom. The molecule has 1 amide bonds. The molecule has 0 unspecified atom stereocenters. The fraction of sp³-hybridized carbons (Fsp3) is 0.385. The third kappa shape index (κ3) is 6.17. The molecule has 0 bridgehead atoms. The zero-order valence-corrected chi connectivity index (χ0v) is 19.9. The molecule has 3 aromatic rings. The molecule has 0 saturated carbocycles. The van der Waals surface area contributed by atoms with E-state index in [1.165, 1.54) is 7.11 Å². The molecule has 2 atom stereocenters. The Labute approximate surface area is 204 Å². The van der Waals surface area contributed by atoms with Crippen LogP contribution in [-0.4, -0.2) is 60.5 Å². The van der Waals surface area contributed by atoms with E-state index in [-0.39, 0.29) is 11.9 Å². The van der Waals surface area contributed by atoms with Crippen molar-refractivity contribution < 1.29 is 28.3 Å². The minimum atomic E-state index is -0.405. The Morgan fingerprint density at radius 2 is 1.94 bits per heavy atom. The highest BCUT2D eigenvalue weighted by Crippen LogP contribution is 2.29. The van der Waals surface area contributed by atoms with Gasteiger partial charge in [-0.2, -0.15) is 4.98 Å². The SMILES string of the molecule is CCOC(=O)N1C[C@@H](Cc2cccc(OCCc3noc(-c4ccccc4)n3)c2)[C@@H](C(=O)OC)C1. The van der Waals surface area contributed by atoms with Gasteiger partial charge in [0.05, 0.1) is 26.2 Å². The molecule has 0 aliphatic carbocycles. The van der Waals surface area contributed by atoms with E-state index in [0.29, 0.717) is 56.6 Å². The van der Waals surface area contributed by atoms with E-state index < -0.39 is 12.0 Å². The minimum Gasteiger partial charge on any atom is -0.493 e. The highest BCUT2D eigenvalue weighted by molar-refractivity contribution is 5.76. The van der Waals surface area contributed by atoms with Crippen LogP contribution in [0.25, 0.3) is 11.5 Å². The number of aromatic nitrogens is 2. The van der Waals surface area contributed by atoms with Gasteiger partial charge >= 0.3 is 12.1 Å². The summed E-state index contributed by atoms with van der Waals surface area (Å²) in [5.41, 5.74) is 1.89. The molecule has 0 N–H and O–H groups in total. The highest BCUT2D eigenvalue weighted by atomic mass is 16.6. The summed E-state index contributed by atoms with van der Waals surface area (Å²) in [6.45, 7) is 3.17. The van der Waals surface area contributed by atoms with Crippen LogP contribution in [-0.2, 0) is 27.1 Å². The molecular formula is C26H29N3O6. The smallest absolute Gasteiger partial charge is 0.409 e. The lowest BCUT2D eigenvalue weighted by Crippen LogP contribution is -2.30. The van der Waals surface area contributed by atoms with Gasteiger partial charge in [0.15, 0.2) is 5.82 Å². The predicted octanol–water partition coefficient (Wildman–Crippen LogP) is 3.78. The van der Waals surface area contributed by atoms with Crippen LogP contribution in [0.15, 0.2) is 59.1 Å². The maximum Gasteiger partial charge on any atom is 0.409 e. The van der Waals surface area contributed by atoms with E-state index in [9.17, 15) is 9.59 Å². The topological polar surface area (TPSA) is 104 Å². The molecule has 2 heterocycles. The molecule has 1 aliphatic rings. The molecule has 0 radical (unpaired) electrons. The van der Waals surface area contributed by atoms with Gasteiger partial charge in [0.2, 0.25) is 0 Å². The lowest BCUT2D eigenvalue weighted by molar-refractivity contribution is -0.146. The van der Waals surface area contributed by atoms with Crippen molar-refractivity contribution in [1.29, 1.82) is 0 Å². The van der Waals surface area contributed by atoms with Crippen molar-refractivity contribution in [2.45, 2.75) is 19.8 Å². The number of rotatable bonds is 9. The molecule has 1 aromatic heterocycles. The molecule has 0 spiro atoms. The number of nitrogens with zero attached hydrogens (tertiary/aromatic N) is 3. The summed E-state index contributed by atoms with van der Waals surface area (Å²) >= 11 is 0. The van der Waals surface area contributed by atoms with Gasteiger partial charge in [0, 0.05) is 25.1 Å². The van der Waals surface area contributed by atoms with Crippen LogP contribution < -0.4 is 4.74 Å². The van der Waals surface area contributed by atoms with Crippen LogP contribution in [0.4, 0.5) is 4.79 Å². The quantitative estimate of drug-likeness (QED) is 0.427. The number of benzene rings is 2. The minimum absolute atomic E-state index is 0.0714. The second-order valence-corrected chi connectivity index (χ2v) is 8.33.